The van der Waals surface area contributed by atoms with Crippen molar-refractivity contribution in [3.63, 3.8) is 0 Å². The number of allylic oxidation sites excluding steroid dienone is 2. The number of cyclic esters (lactones) is 1. The molecule has 1 saturated heterocycles. The lowest BCUT2D eigenvalue weighted by molar-refractivity contribution is -0.101. The second-order valence-corrected chi connectivity index (χ2v) is 10.9. The molecule has 1 unspecified atom stereocenters. The molecule has 2 atom stereocenters. The summed E-state index contributed by atoms with van der Waals surface area (Å²) in [5, 5.41) is 10.4. The maximum absolute atomic E-state index is 13.1. The molecule has 1 aromatic carbocycles. The molecule has 2 heterocycles. The van der Waals surface area contributed by atoms with Crippen molar-refractivity contribution in [3.05, 3.63) is 70.7 Å². The Bertz CT molecular complexity index is 1150. The van der Waals surface area contributed by atoms with E-state index in [9.17, 15) is 14.7 Å². The first kappa shape index (κ1) is 22.9. The average Bonchev–Trinajstić information content (AvgIpc) is 3.68. The molecule has 2 aromatic rings. The van der Waals surface area contributed by atoms with E-state index in [1.165, 1.54) is 0 Å². The fourth-order valence-corrected chi connectivity index (χ4v) is 5.29. The van der Waals surface area contributed by atoms with Crippen molar-refractivity contribution in [3.8, 4) is 11.1 Å². The van der Waals surface area contributed by atoms with Crippen LogP contribution in [-0.4, -0.2) is 38.4 Å². The van der Waals surface area contributed by atoms with E-state index in [-0.39, 0.29) is 17.7 Å². The molecule has 34 heavy (non-hydrogen) atoms. The SMILES string of the molecule is C[C@@H](c1ccc(-c2ccn(C3CC3)c(=O)c2)cc1)N1CCC(CC2C=C2)(CC(C)(C)O)OC1=O. The van der Waals surface area contributed by atoms with E-state index in [1.807, 2.05) is 48.0 Å². The lowest BCUT2D eigenvalue weighted by Gasteiger charge is -2.45. The number of hydrogen-bond acceptors (Lipinski definition) is 4. The summed E-state index contributed by atoms with van der Waals surface area (Å²) < 4.78 is 7.87. The monoisotopic (exact) mass is 462 g/mol. The number of benzene rings is 1. The number of amides is 1. The normalized spacial score (nSPS) is 23.6. The topological polar surface area (TPSA) is 71.8 Å². The van der Waals surface area contributed by atoms with Gasteiger partial charge in [-0.15, -0.1) is 0 Å². The third-order valence-electron chi connectivity index (χ3n) is 7.26. The second-order valence-electron chi connectivity index (χ2n) is 10.9. The van der Waals surface area contributed by atoms with Crippen LogP contribution in [0.5, 0.6) is 0 Å². The second kappa shape index (κ2) is 8.42. The molecule has 1 saturated carbocycles. The fourth-order valence-electron chi connectivity index (χ4n) is 5.29. The van der Waals surface area contributed by atoms with Crippen LogP contribution in [0, 0.1) is 5.92 Å². The lowest BCUT2D eigenvalue weighted by atomic mass is 9.81. The van der Waals surface area contributed by atoms with Gasteiger partial charge in [0.25, 0.3) is 5.56 Å². The zero-order valence-corrected chi connectivity index (χ0v) is 20.2. The Morgan fingerprint density at radius 3 is 2.38 bits per heavy atom. The van der Waals surface area contributed by atoms with E-state index in [1.54, 1.807) is 24.8 Å². The van der Waals surface area contributed by atoms with Crippen LogP contribution in [0.25, 0.3) is 11.1 Å². The van der Waals surface area contributed by atoms with Crippen molar-refractivity contribution >= 4 is 6.09 Å². The standard InChI is InChI=1S/C28H34N2O4/c1-19(29-15-13-28(34-26(29)32,17-20-4-5-20)18-27(2,3)33)21-6-8-22(9-7-21)23-12-14-30(24-10-11-24)25(31)16-23/h4-9,12,14,16,19-20,24,33H,10-11,13,15,17-18H2,1-3H3/t19-,28?/m0/s1. The lowest BCUT2D eigenvalue weighted by Crippen LogP contribution is -2.53. The van der Waals surface area contributed by atoms with E-state index in [2.05, 4.69) is 12.2 Å². The Hall–Kier alpha value is -2.86. The van der Waals surface area contributed by atoms with E-state index < -0.39 is 11.2 Å². The summed E-state index contributed by atoms with van der Waals surface area (Å²) in [6.45, 7) is 6.14. The molecule has 2 fully saturated rings. The molecule has 0 bridgehead atoms. The van der Waals surface area contributed by atoms with Gasteiger partial charge in [0.1, 0.15) is 5.60 Å². The van der Waals surface area contributed by atoms with Crippen LogP contribution in [-0.2, 0) is 4.74 Å². The van der Waals surface area contributed by atoms with Gasteiger partial charge in [0, 0.05) is 37.7 Å². The van der Waals surface area contributed by atoms with Gasteiger partial charge in [0.15, 0.2) is 0 Å². The summed E-state index contributed by atoms with van der Waals surface area (Å²) in [7, 11) is 0. The zero-order valence-electron chi connectivity index (χ0n) is 20.2. The Morgan fingerprint density at radius 1 is 1.12 bits per heavy atom. The highest BCUT2D eigenvalue weighted by Crippen LogP contribution is 2.42. The first-order valence-corrected chi connectivity index (χ1v) is 12.4. The summed E-state index contributed by atoms with van der Waals surface area (Å²) in [6.07, 6.45) is 9.83. The molecular formula is C28H34N2O4. The van der Waals surface area contributed by atoms with E-state index >= 15 is 0 Å². The minimum atomic E-state index is -0.905. The van der Waals surface area contributed by atoms with Gasteiger partial charge in [-0.3, -0.25) is 4.79 Å². The number of pyridine rings is 1. The van der Waals surface area contributed by atoms with Crippen molar-refractivity contribution in [2.45, 2.75) is 76.2 Å². The highest BCUT2D eigenvalue weighted by Gasteiger charge is 2.46. The molecule has 1 aromatic heterocycles. The summed E-state index contributed by atoms with van der Waals surface area (Å²) >= 11 is 0. The van der Waals surface area contributed by atoms with Gasteiger partial charge in [-0.1, -0.05) is 36.4 Å². The number of rotatable bonds is 8. The molecule has 1 amide bonds. The predicted octanol–water partition coefficient (Wildman–Crippen LogP) is 5.23. The van der Waals surface area contributed by atoms with Gasteiger partial charge in [-0.05, 0) is 68.7 Å². The number of carbonyl (C=O) groups excluding carboxylic acids is 1. The quantitative estimate of drug-likeness (QED) is 0.546. The van der Waals surface area contributed by atoms with Gasteiger partial charge in [-0.25, -0.2) is 4.79 Å². The van der Waals surface area contributed by atoms with Gasteiger partial charge >= 0.3 is 6.09 Å². The molecular weight excluding hydrogens is 428 g/mol. The average molecular weight is 463 g/mol. The van der Waals surface area contributed by atoms with Gasteiger partial charge in [-0.2, -0.15) is 0 Å². The summed E-state index contributed by atoms with van der Waals surface area (Å²) in [5.41, 5.74) is 1.42. The van der Waals surface area contributed by atoms with Crippen molar-refractivity contribution in [2.24, 2.45) is 5.92 Å². The third-order valence-corrected chi connectivity index (χ3v) is 7.26. The first-order chi connectivity index (χ1) is 16.1. The Labute approximate surface area is 200 Å². The van der Waals surface area contributed by atoms with E-state index in [0.29, 0.717) is 31.3 Å². The van der Waals surface area contributed by atoms with Crippen molar-refractivity contribution < 1.29 is 14.6 Å². The zero-order chi connectivity index (χ0) is 24.1. The van der Waals surface area contributed by atoms with Crippen LogP contribution in [0.3, 0.4) is 0 Å². The van der Waals surface area contributed by atoms with Crippen LogP contribution >= 0.6 is 0 Å². The van der Waals surface area contributed by atoms with Crippen LogP contribution < -0.4 is 5.56 Å². The molecule has 6 heteroatoms. The Kier molecular flexibility index (Phi) is 5.67. The highest BCUT2D eigenvalue weighted by atomic mass is 16.6. The van der Waals surface area contributed by atoms with Gasteiger partial charge < -0.3 is 19.3 Å². The smallest absolute Gasteiger partial charge is 0.410 e. The molecule has 5 rings (SSSR count). The highest BCUT2D eigenvalue weighted by molar-refractivity contribution is 5.70. The van der Waals surface area contributed by atoms with Crippen LogP contribution in [0.2, 0.25) is 0 Å². The van der Waals surface area contributed by atoms with Crippen molar-refractivity contribution in [1.82, 2.24) is 9.47 Å². The largest absolute Gasteiger partial charge is 0.443 e. The first-order valence-electron chi connectivity index (χ1n) is 12.4. The molecule has 0 spiro atoms. The van der Waals surface area contributed by atoms with Crippen LogP contribution in [0.15, 0.2) is 59.5 Å². The molecule has 2 aliphatic carbocycles. The van der Waals surface area contributed by atoms with Crippen LogP contribution in [0.4, 0.5) is 4.79 Å². The summed E-state index contributed by atoms with van der Waals surface area (Å²) in [5.74, 6) is 0.359. The summed E-state index contributed by atoms with van der Waals surface area (Å²) in [6, 6.07) is 12.0. The predicted molar refractivity (Wildman–Crippen MR) is 132 cm³/mol. The number of carbonyl (C=O) groups is 1. The maximum atomic E-state index is 13.1. The maximum Gasteiger partial charge on any atom is 0.410 e. The van der Waals surface area contributed by atoms with E-state index in [0.717, 1.165) is 36.0 Å². The molecule has 1 aliphatic heterocycles. The number of ether oxygens (including phenoxy) is 1. The minimum absolute atomic E-state index is 0.0458. The van der Waals surface area contributed by atoms with Crippen molar-refractivity contribution in [1.29, 1.82) is 0 Å². The number of aromatic nitrogens is 1. The van der Waals surface area contributed by atoms with Gasteiger partial charge in [0.2, 0.25) is 0 Å². The van der Waals surface area contributed by atoms with Crippen molar-refractivity contribution in [2.75, 3.05) is 6.54 Å². The van der Waals surface area contributed by atoms with Gasteiger partial charge in [0.05, 0.1) is 11.6 Å². The number of hydrogen-bond donors (Lipinski definition) is 1. The summed E-state index contributed by atoms with van der Waals surface area (Å²) in [4.78, 5) is 27.3. The van der Waals surface area contributed by atoms with Crippen LogP contribution in [0.1, 0.15) is 70.5 Å². The number of nitrogens with zero attached hydrogens (tertiary/aromatic N) is 2. The Morgan fingerprint density at radius 2 is 1.82 bits per heavy atom. The molecule has 1 N–H and O–H groups in total. The Balaban J connectivity index is 1.28. The molecule has 0 radical (unpaired) electrons. The van der Waals surface area contributed by atoms with E-state index in [4.69, 9.17) is 4.74 Å². The number of aliphatic hydroxyl groups is 1. The molecule has 3 aliphatic rings. The molecule has 6 nitrogen and oxygen atoms in total. The third kappa shape index (κ3) is 4.97. The fraction of sp³-hybridized carbons (Fsp3) is 0.500. The minimum Gasteiger partial charge on any atom is -0.443 e. The molecule has 180 valence electrons.